The van der Waals surface area contributed by atoms with Crippen LogP contribution in [0.5, 0.6) is 11.5 Å². The summed E-state index contributed by atoms with van der Waals surface area (Å²) in [4.78, 5) is 29.4. The fraction of sp³-hybridized carbons (Fsp3) is 0.238. The van der Waals surface area contributed by atoms with Gasteiger partial charge in [-0.3, -0.25) is 9.59 Å². The number of fused-ring (bicyclic) bond motifs is 1. The smallest absolute Gasteiger partial charge is 0.256 e. The molecule has 0 aliphatic carbocycles. The van der Waals surface area contributed by atoms with E-state index in [4.69, 9.17) is 9.47 Å². The Morgan fingerprint density at radius 3 is 2.44 bits per heavy atom. The zero-order valence-electron chi connectivity index (χ0n) is 15.8. The lowest BCUT2D eigenvalue weighted by atomic mass is 10.0. The number of ether oxygens (including phenoxy) is 2. The molecule has 0 unspecified atom stereocenters. The van der Waals surface area contributed by atoms with Gasteiger partial charge in [-0.15, -0.1) is 0 Å². The SMILES string of the molecule is COc1ccc([C@H](C)N(C)C(=O)c2c[nH]c(=O)c3ccccc23)c(OC)c1. The maximum Gasteiger partial charge on any atom is 0.256 e. The van der Waals surface area contributed by atoms with Crippen LogP contribution in [0.3, 0.4) is 0 Å². The van der Waals surface area contributed by atoms with Crippen molar-refractivity contribution in [2.45, 2.75) is 13.0 Å². The summed E-state index contributed by atoms with van der Waals surface area (Å²) < 4.78 is 10.7. The van der Waals surface area contributed by atoms with Crippen molar-refractivity contribution < 1.29 is 14.3 Å². The molecule has 0 saturated carbocycles. The van der Waals surface area contributed by atoms with Crippen LogP contribution < -0.4 is 15.0 Å². The second-order valence-electron chi connectivity index (χ2n) is 6.28. The minimum absolute atomic E-state index is 0.187. The lowest BCUT2D eigenvalue weighted by molar-refractivity contribution is 0.0742. The zero-order chi connectivity index (χ0) is 19.6. The molecule has 3 rings (SSSR count). The van der Waals surface area contributed by atoms with Crippen LogP contribution in [0.2, 0.25) is 0 Å². The first kappa shape index (κ1) is 18.5. The van der Waals surface area contributed by atoms with E-state index in [-0.39, 0.29) is 17.5 Å². The highest BCUT2D eigenvalue weighted by atomic mass is 16.5. The zero-order valence-corrected chi connectivity index (χ0v) is 15.8. The van der Waals surface area contributed by atoms with Crippen LogP contribution in [0.1, 0.15) is 28.9 Å². The summed E-state index contributed by atoms with van der Waals surface area (Å²) in [6.45, 7) is 1.93. The van der Waals surface area contributed by atoms with Gasteiger partial charge in [-0.25, -0.2) is 0 Å². The van der Waals surface area contributed by atoms with Crippen molar-refractivity contribution in [2.24, 2.45) is 0 Å². The average Bonchev–Trinajstić information content (AvgIpc) is 2.72. The van der Waals surface area contributed by atoms with Crippen LogP contribution >= 0.6 is 0 Å². The highest BCUT2D eigenvalue weighted by molar-refractivity contribution is 6.06. The first-order valence-corrected chi connectivity index (χ1v) is 8.57. The Bertz CT molecular complexity index is 1040. The molecule has 6 nitrogen and oxygen atoms in total. The predicted octanol–water partition coefficient (Wildman–Crippen LogP) is 3.38. The molecule has 0 radical (unpaired) electrons. The van der Waals surface area contributed by atoms with E-state index in [0.717, 1.165) is 5.56 Å². The van der Waals surface area contributed by atoms with Gasteiger partial charge >= 0.3 is 0 Å². The number of aromatic nitrogens is 1. The molecule has 0 saturated heterocycles. The number of H-pyrrole nitrogens is 1. The summed E-state index contributed by atoms with van der Waals surface area (Å²) in [7, 11) is 4.91. The monoisotopic (exact) mass is 366 g/mol. The second-order valence-corrected chi connectivity index (χ2v) is 6.28. The summed E-state index contributed by atoms with van der Waals surface area (Å²) in [6.07, 6.45) is 1.47. The van der Waals surface area contributed by atoms with E-state index in [1.54, 1.807) is 50.4 Å². The van der Waals surface area contributed by atoms with E-state index in [1.165, 1.54) is 6.20 Å². The van der Waals surface area contributed by atoms with Crippen LogP contribution in [0.15, 0.2) is 53.5 Å². The predicted molar refractivity (Wildman–Crippen MR) is 105 cm³/mol. The van der Waals surface area contributed by atoms with Gasteiger partial charge in [0.2, 0.25) is 0 Å². The van der Waals surface area contributed by atoms with Crippen LogP contribution in [-0.4, -0.2) is 37.1 Å². The molecular formula is C21H22N2O4. The quantitative estimate of drug-likeness (QED) is 0.751. The summed E-state index contributed by atoms with van der Waals surface area (Å²) >= 11 is 0. The van der Waals surface area contributed by atoms with Crippen molar-refractivity contribution >= 4 is 16.7 Å². The van der Waals surface area contributed by atoms with Gasteiger partial charge in [0.15, 0.2) is 0 Å². The normalized spacial score (nSPS) is 11.9. The van der Waals surface area contributed by atoms with Crippen molar-refractivity contribution in [3.05, 3.63) is 70.1 Å². The number of hydrogen-bond acceptors (Lipinski definition) is 4. The fourth-order valence-electron chi connectivity index (χ4n) is 3.12. The third kappa shape index (κ3) is 3.38. The number of carbonyl (C=O) groups excluding carboxylic acids is 1. The summed E-state index contributed by atoms with van der Waals surface area (Å²) in [5.41, 5.74) is 1.10. The van der Waals surface area contributed by atoms with Crippen LogP contribution in [0.4, 0.5) is 0 Å². The summed E-state index contributed by atoms with van der Waals surface area (Å²) in [5, 5.41) is 1.12. The van der Waals surface area contributed by atoms with Gasteiger partial charge in [0.1, 0.15) is 11.5 Å². The topological polar surface area (TPSA) is 71.6 Å². The Labute approximate surface area is 157 Å². The number of hydrogen-bond donors (Lipinski definition) is 1. The Kier molecular flexibility index (Phi) is 5.16. The Balaban J connectivity index is 1.99. The standard InChI is InChI=1S/C21H22N2O4/c1-13(15-10-9-14(26-3)11-19(15)27-4)23(2)21(25)18-12-22-20(24)17-8-6-5-7-16(17)18/h5-13H,1-4H3,(H,22,24)/t13-/m0/s1. The molecule has 0 spiro atoms. The number of rotatable bonds is 5. The number of methoxy groups -OCH3 is 2. The molecule has 0 aliphatic heterocycles. The van der Waals surface area contributed by atoms with Gasteiger partial charge in [0, 0.05) is 35.6 Å². The van der Waals surface area contributed by atoms with Gasteiger partial charge < -0.3 is 19.4 Å². The fourth-order valence-corrected chi connectivity index (χ4v) is 3.12. The minimum atomic E-state index is -0.246. The number of benzene rings is 2. The van der Waals surface area contributed by atoms with E-state index < -0.39 is 0 Å². The highest BCUT2D eigenvalue weighted by Crippen LogP contribution is 2.32. The van der Waals surface area contributed by atoms with E-state index in [0.29, 0.717) is 27.8 Å². The molecule has 0 fully saturated rings. The highest BCUT2D eigenvalue weighted by Gasteiger charge is 2.23. The number of nitrogens with one attached hydrogen (secondary N) is 1. The van der Waals surface area contributed by atoms with Gasteiger partial charge in [0.05, 0.1) is 25.8 Å². The van der Waals surface area contributed by atoms with Gasteiger partial charge in [-0.1, -0.05) is 18.2 Å². The van der Waals surface area contributed by atoms with Gasteiger partial charge in [-0.05, 0) is 25.1 Å². The van der Waals surface area contributed by atoms with Crippen molar-refractivity contribution in [3.8, 4) is 11.5 Å². The lowest BCUT2D eigenvalue weighted by Crippen LogP contribution is -2.30. The molecule has 2 aromatic carbocycles. The third-order valence-corrected chi connectivity index (χ3v) is 4.83. The minimum Gasteiger partial charge on any atom is -0.497 e. The summed E-state index contributed by atoms with van der Waals surface area (Å²) in [6, 6.07) is 12.3. The maximum absolute atomic E-state index is 13.1. The van der Waals surface area contributed by atoms with Crippen LogP contribution in [-0.2, 0) is 0 Å². The second kappa shape index (κ2) is 7.53. The first-order chi connectivity index (χ1) is 13.0. The Morgan fingerprint density at radius 2 is 1.78 bits per heavy atom. The van der Waals surface area contributed by atoms with E-state index in [9.17, 15) is 9.59 Å². The molecule has 0 bridgehead atoms. The largest absolute Gasteiger partial charge is 0.497 e. The molecule has 27 heavy (non-hydrogen) atoms. The molecule has 3 aromatic rings. The van der Waals surface area contributed by atoms with Crippen molar-refractivity contribution in [2.75, 3.05) is 21.3 Å². The van der Waals surface area contributed by atoms with Crippen molar-refractivity contribution in [1.82, 2.24) is 9.88 Å². The molecule has 1 amide bonds. The number of carbonyl (C=O) groups is 1. The third-order valence-electron chi connectivity index (χ3n) is 4.83. The van der Waals surface area contributed by atoms with E-state index in [2.05, 4.69) is 4.98 Å². The molecule has 1 heterocycles. The molecule has 6 heteroatoms. The van der Waals surface area contributed by atoms with Gasteiger partial charge in [0.25, 0.3) is 11.5 Å². The molecular weight excluding hydrogens is 344 g/mol. The van der Waals surface area contributed by atoms with E-state index in [1.807, 2.05) is 25.1 Å². The number of pyridine rings is 1. The molecule has 1 aromatic heterocycles. The lowest BCUT2D eigenvalue weighted by Gasteiger charge is -2.27. The van der Waals surface area contributed by atoms with Gasteiger partial charge in [-0.2, -0.15) is 0 Å². The number of aromatic amines is 1. The average molecular weight is 366 g/mol. The molecule has 1 atom stereocenters. The first-order valence-electron chi connectivity index (χ1n) is 8.57. The maximum atomic E-state index is 13.1. The van der Waals surface area contributed by atoms with Crippen molar-refractivity contribution in [1.29, 1.82) is 0 Å². The molecule has 1 N–H and O–H groups in total. The molecule has 140 valence electrons. The summed E-state index contributed by atoms with van der Waals surface area (Å²) in [5.74, 6) is 1.14. The van der Waals surface area contributed by atoms with Crippen LogP contribution in [0.25, 0.3) is 10.8 Å². The molecule has 0 aliphatic rings. The Morgan fingerprint density at radius 1 is 1.07 bits per heavy atom. The Hall–Kier alpha value is -3.28. The van der Waals surface area contributed by atoms with E-state index >= 15 is 0 Å². The number of nitrogens with zero attached hydrogens (tertiary/aromatic N) is 1. The number of amides is 1. The van der Waals surface area contributed by atoms with Crippen molar-refractivity contribution in [3.63, 3.8) is 0 Å². The van der Waals surface area contributed by atoms with Crippen LogP contribution in [0, 0.1) is 0 Å².